The van der Waals surface area contributed by atoms with Crippen LogP contribution in [0.25, 0.3) is 10.7 Å². The van der Waals surface area contributed by atoms with Crippen molar-refractivity contribution in [2.24, 2.45) is 0 Å². The summed E-state index contributed by atoms with van der Waals surface area (Å²) in [6.45, 7) is 6.31. The third-order valence-electron chi connectivity index (χ3n) is 2.31. The van der Waals surface area contributed by atoms with Crippen LogP contribution >= 0.6 is 54.8 Å². The van der Waals surface area contributed by atoms with Crippen LogP contribution in [-0.4, -0.2) is 9.97 Å². The SMILES string of the molecule is CC(C)(C)c1nc(-c2cc(Br)cs2)nc(Cl)c1Br. The first-order chi connectivity index (χ1) is 8.29. The first-order valence-electron chi connectivity index (χ1n) is 5.27. The summed E-state index contributed by atoms with van der Waals surface area (Å²) < 4.78 is 1.80. The molecule has 0 spiro atoms. The standard InChI is InChI=1S/C12H11Br2ClN2S/c1-12(2,3)9-8(14)10(15)17-11(16-9)7-4-6(13)5-18-7/h4-5H,1-3H3. The molecule has 2 nitrogen and oxygen atoms in total. The van der Waals surface area contributed by atoms with E-state index < -0.39 is 0 Å². The molecule has 0 atom stereocenters. The van der Waals surface area contributed by atoms with Crippen molar-refractivity contribution in [1.29, 1.82) is 0 Å². The van der Waals surface area contributed by atoms with E-state index in [1.807, 2.05) is 11.4 Å². The summed E-state index contributed by atoms with van der Waals surface area (Å²) in [5.41, 5.74) is 0.830. The molecule has 0 saturated carbocycles. The molecule has 0 aliphatic carbocycles. The Bertz CT molecular complexity index is 590. The Morgan fingerprint density at radius 2 is 1.89 bits per heavy atom. The predicted octanol–water partition coefficient (Wildman–Crippen LogP) is 5.68. The van der Waals surface area contributed by atoms with Crippen molar-refractivity contribution in [3.8, 4) is 10.7 Å². The summed E-state index contributed by atoms with van der Waals surface area (Å²) in [5.74, 6) is 0.670. The normalized spacial score (nSPS) is 11.9. The maximum Gasteiger partial charge on any atom is 0.171 e. The molecule has 0 aromatic carbocycles. The van der Waals surface area contributed by atoms with Gasteiger partial charge in [-0.1, -0.05) is 32.4 Å². The number of rotatable bonds is 1. The maximum absolute atomic E-state index is 6.18. The number of nitrogens with zero attached hydrogens (tertiary/aromatic N) is 2. The Morgan fingerprint density at radius 3 is 2.39 bits per heavy atom. The molecule has 0 N–H and O–H groups in total. The first-order valence-corrected chi connectivity index (χ1v) is 8.11. The third kappa shape index (κ3) is 2.95. The second kappa shape index (κ2) is 5.19. The van der Waals surface area contributed by atoms with Crippen LogP contribution < -0.4 is 0 Å². The van der Waals surface area contributed by atoms with Crippen molar-refractivity contribution >= 4 is 54.8 Å². The van der Waals surface area contributed by atoms with Gasteiger partial charge in [0.15, 0.2) is 5.82 Å². The van der Waals surface area contributed by atoms with Gasteiger partial charge in [-0.3, -0.25) is 0 Å². The second-order valence-corrected chi connectivity index (χ2v) is 7.86. The highest BCUT2D eigenvalue weighted by Crippen LogP contribution is 2.35. The zero-order chi connectivity index (χ0) is 13.5. The topological polar surface area (TPSA) is 25.8 Å². The van der Waals surface area contributed by atoms with E-state index in [9.17, 15) is 0 Å². The lowest BCUT2D eigenvalue weighted by atomic mass is 9.92. The van der Waals surface area contributed by atoms with Crippen LogP contribution in [0.3, 0.4) is 0 Å². The minimum absolute atomic E-state index is 0.0886. The Labute approximate surface area is 132 Å². The molecule has 0 unspecified atom stereocenters. The Hall–Kier alpha value is 0.0300. The van der Waals surface area contributed by atoms with Gasteiger partial charge >= 0.3 is 0 Å². The third-order valence-corrected chi connectivity index (χ3v) is 5.25. The van der Waals surface area contributed by atoms with Gasteiger partial charge in [-0.15, -0.1) is 11.3 Å². The highest BCUT2D eigenvalue weighted by atomic mass is 79.9. The number of hydrogen-bond acceptors (Lipinski definition) is 3. The number of halogens is 3. The molecule has 2 aromatic rings. The summed E-state index contributed by atoms with van der Waals surface area (Å²) in [6, 6.07) is 2.00. The summed E-state index contributed by atoms with van der Waals surface area (Å²) >= 11 is 14.7. The van der Waals surface area contributed by atoms with Crippen molar-refractivity contribution in [1.82, 2.24) is 9.97 Å². The quantitative estimate of drug-likeness (QED) is 0.565. The van der Waals surface area contributed by atoms with Crippen LogP contribution in [0.2, 0.25) is 5.15 Å². The molecule has 2 heterocycles. The first kappa shape index (κ1) is 14.4. The predicted molar refractivity (Wildman–Crippen MR) is 84.5 cm³/mol. The lowest BCUT2D eigenvalue weighted by Crippen LogP contribution is -2.15. The highest BCUT2D eigenvalue weighted by Gasteiger charge is 2.23. The van der Waals surface area contributed by atoms with E-state index in [1.54, 1.807) is 11.3 Å². The molecule has 0 radical (unpaired) electrons. The van der Waals surface area contributed by atoms with Crippen molar-refractivity contribution in [2.45, 2.75) is 26.2 Å². The fraction of sp³-hybridized carbons (Fsp3) is 0.333. The average Bonchev–Trinajstić information content (AvgIpc) is 2.67. The highest BCUT2D eigenvalue weighted by molar-refractivity contribution is 9.10. The molecule has 18 heavy (non-hydrogen) atoms. The summed E-state index contributed by atoms with van der Waals surface area (Å²) in [5, 5.41) is 2.46. The monoisotopic (exact) mass is 408 g/mol. The van der Waals surface area contributed by atoms with Crippen molar-refractivity contribution in [3.63, 3.8) is 0 Å². The Balaban J connectivity index is 2.61. The van der Waals surface area contributed by atoms with Gasteiger partial charge in [-0.2, -0.15) is 0 Å². The zero-order valence-corrected chi connectivity index (χ0v) is 14.8. The molecular formula is C12H11Br2ClN2S. The van der Waals surface area contributed by atoms with Crippen LogP contribution in [0.4, 0.5) is 0 Å². The fourth-order valence-corrected chi connectivity index (χ4v) is 3.76. The molecule has 0 saturated heterocycles. The Kier molecular flexibility index (Phi) is 4.17. The molecule has 0 fully saturated rings. The van der Waals surface area contributed by atoms with Crippen LogP contribution in [0.1, 0.15) is 26.5 Å². The van der Waals surface area contributed by atoms with Gasteiger partial charge in [0.1, 0.15) is 5.15 Å². The van der Waals surface area contributed by atoms with Crippen LogP contribution in [0.15, 0.2) is 20.4 Å². The van der Waals surface area contributed by atoms with Crippen LogP contribution in [0, 0.1) is 0 Å². The van der Waals surface area contributed by atoms with Gasteiger partial charge in [-0.05, 0) is 37.9 Å². The summed E-state index contributed by atoms with van der Waals surface area (Å²) in [6.07, 6.45) is 0. The van der Waals surface area contributed by atoms with Gasteiger partial charge in [0.2, 0.25) is 0 Å². The molecule has 2 aromatic heterocycles. The van der Waals surface area contributed by atoms with E-state index >= 15 is 0 Å². The lowest BCUT2D eigenvalue weighted by molar-refractivity contribution is 0.564. The van der Waals surface area contributed by atoms with E-state index in [2.05, 4.69) is 62.6 Å². The van der Waals surface area contributed by atoms with E-state index in [-0.39, 0.29) is 5.41 Å². The van der Waals surface area contributed by atoms with Gasteiger partial charge in [-0.25, -0.2) is 9.97 Å². The molecular weight excluding hydrogens is 399 g/mol. The molecule has 96 valence electrons. The minimum atomic E-state index is -0.0886. The van der Waals surface area contributed by atoms with Gasteiger partial charge < -0.3 is 0 Å². The maximum atomic E-state index is 6.18. The molecule has 0 aliphatic rings. The average molecular weight is 411 g/mol. The van der Waals surface area contributed by atoms with Crippen molar-refractivity contribution in [2.75, 3.05) is 0 Å². The smallest absolute Gasteiger partial charge is 0.171 e. The lowest BCUT2D eigenvalue weighted by Gasteiger charge is -2.20. The molecule has 0 bridgehead atoms. The van der Waals surface area contributed by atoms with Gasteiger partial charge in [0.25, 0.3) is 0 Å². The van der Waals surface area contributed by atoms with E-state index in [0.29, 0.717) is 11.0 Å². The Morgan fingerprint density at radius 1 is 1.22 bits per heavy atom. The van der Waals surface area contributed by atoms with E-state index in [1.165, 1.54) is 0 Å². The summed E-state index contributed by atoms with van der Waals surface area (Å²) in [7, 11) is 0. The number of hydrogen-bond donors (Lipinski definition) is 0. The van der Waals surface area contributed by atoms with Gasteiger partial charge in [0, 0.05) is 15.3 Å². The number of aromatic nitrogens is 2. The largest absolute Gasteiger partial charge is 0.231 e. The molecule has 6 heteroatoms. The van der Waals surface area contributed by atoms with E-state index in [4.69, 9.17) is 11.6 Å². The fourth-order valence-electron chi connectivity index (χ4n) is 1.46. The molecule has 2 rings (SSSR count). The van der Waals surface area contributed by atoms with Crippen LogP contribution in [-0.2, 0) is 5.41 Å². The van der Waals surface area contributed by atoms with E-state index in [0.717, 1.165) is 19.5 Å². The zero-order valence-electron chi connectivity index (χ0n) is 10.1. The van der Waals surface area contributed by atoms with Crippen molar-refractivity contribution in [3.05, 3.63) is 31.2 Å². The molecule has 0 amide bonds. The molecule has 0 aliphatic heterocycles. The van der Waals surface area contributed by atoms with Crippen LogP contribution in [0.5, 0.6) is 0 Å². The second-order valence-electron chi connectivity index (χ2n) is 4.88. The minimum Gasteiger partial charge on any atom is -0.231 e. The van der Waals surface area contributed by atoms with Crippen molar-refractivity contribution < 1.29 is 0 Å². The number of thiophene rings is 1. The summed E-state index contributed by atoms with van der Waals surface area (Å²) in [4.78, 5) is 9.96. The van der Waals surface area contributed by atoms with Gasteiger partial charge in [0.05, 0.1) is 15.0 Å².